The van der Waals surface area contributed by atoms with Crippen molar-refractivity contribution in [2.24, 2.45) is 0 Å². The van der Waals surface area contributed by atoms with Crippen LogP contribution >= 0.6 is 0 Å². The Bertz CT molecular complexity index is 402. The van der Waals surface area contributed by atoms with Crippen molar-refractivity contribution < 1.29 is 9.66 Å². The highest BCUT2D eigenvalue weighted by Crippen LogP contribution is 2.17. The molecule has 5 heteroatoms. The van der Waals surface area contributed by atoms with Crippen molar-refractivity contribution in [2.45, 2.75) is 39.2 Å². The Morgan fingerprint density at radius 2 is 1.95 bits per heavy atom. The molecule has 106 valence electrons. The minimum atomic E-state index is -0.418. The lowest BCUT2D eigenvalue weighted by Crippen LogP contribution is -2.41. The van der Waals surface area contributed by atoms with E-state index in [-0.39, 0.29) is 11.2 Å². The molecule has 0 unspecified atom stereocenters. The number of ether oxygens (including phenoxy) is 1. The molecule has 1 aromatic rings. The highest BCUT2D eigenvalue weighted by Gasteiger charge is 2.14. The number of benzene rings is 1. The van der Waals surface area contributed by atoms with E-state index in [2.05, 4.69) is 26.1 Å². The first kappa shape index (κ1) is 15.4. The van der Waals surface area contributed by atoms with Gasteiger partial charge in [0.1, 0.15) is 12.4 Å². The number of hydrogen-bond donors (Lipinski definition) is 1. The molecular weight excluding hydrogens is 244 g/mol. The molecule has 0 aromatic heterocycles. The van der Waals surface area contributed by atoms with Gasteiger partial charge < -0.3 is 10.1 Å². The summed E-state index contributed by atoms with van der Waals surface area (Å²) in [6, 6.07) is 6.14. The van der Waals surface area contributed by atoms with Gasteiger partial charge in [0.2, 0.25) is 0 Å². The third-order valence-corrected chi connectivity index (χ3v) is 2.90. The lowest BCUT2D eigenvalue weighted by molar-refractivity contribution is -0.384. The van der Waals surface area contributed by atoms with Crippen molar-refractivity contribution in [3.05, 3.63) is 34.4 Å². The molecule has 1 aromatic carbocycles. The SMILES string of the molecule is CCCC(C)(C)NCCOc1ccc([N+](=O)[O-])cc1. The zero-order valence-electron chi connectivity index (χ0n) is 11.8. The molecule has 0 aliphatic rings. The fourth-order valence-electron chi connectivity index (χ4n) is 1.94. The number of hydrogen-bond acceptors (Lipinski definition) is 4. The maximum atomic E-state index is 10.5. The lowest BCUT2D eigenvalue weighted by Gasteiger charge is -2.25. The minimum Gasteiger partial charge on any atom is -0.492 e. The molecule has 0 aliphatic heterocycles. The number of nitro benzene ring substituents is 1. The quantitative estimate of drug-likeness (QED) is 0.446. The Morgan fingerprint density at radius 3 is 2.47 bits per heavy atom. The van der Waals surface area contributed by atoms with Gasteiger partial charge >= 0.3 is 0 Å². The van der Waals surface area contributed by atoms with Gasteiger partial charge in [-0.15, -0.1) is 0 Å². The van der Waals surface area contributed by atoms with Crippen LogP contribution in [0.5, 0.6) is 5.75 Å². The Labute approximate surface area is 114 Å². The van der Waals surface area contributed by atoms with Gasteiger partial charge in [0.05, 0.1) is 4.92 Å². The van der Waals surface area contributed by atoms with E-state index in [1.165, 1.54) is 12.1 Å². The molecule has 0 amide bonds. The number of nitro groups is 1. The van der Waals surface area contributed by atoms with E-state index in [0.29, 0.717) is 12.4 Å². The van der Waals surface area contributed by atoms with Crippen LogP contribution in [0.2, 0.25) is 0 Å². The van der Waals surface area contributed by atoms with Crippen LogP contribution < -0.4 is 10.1 Å². The molecule has 0 saturated carbocycles. The highest BCUT2D eigenvalue weighted by atomic mass is 16.6. The van der Waals surface area contributed by atoms with E-state index in [1.54, 1.807) is 12.1 Å². The van der Waals surface area contributed by atoms with Gasteiger partial charge in [0, 0.05) is 24.2 Å². The fraction of sp³-hybridized carbons (Fsp3) is 0.571. The fourth-order valence-corrected chi connectivity index (χ4v) is 1.94. The lowest BCUT2D eigenvalue weighted by atomic mass is 9.99. The van der Waals surface area contributed by atoms with Crippen molar-refractivity contribution in [3.63, 3.8) is 0 Å². The van der Waals surface area contributed by atoms with E-state index in [9.17, 15) is 10.1 Å². The van der Waals surface area contributed by atoms with Crippen LogP contribution in [-0.4, -0.2) is 23.6 Å². The molecule has 0 atom stereocenters. The van der Waals surface area contributed by atoms with Gasteiger partial charge in [0.25, 0.3) is 5.69 Å². The minimum absolute atomic E-state index is 0.0783. The Balaban J connectivity index is 2.31. The van der Waals surface area contributed by atoms with Crippen molar-refractivity contribution in [3.8, 4) is 5.75 Å². The number of rotatable bonds is 8. The van der Waals surface area contributed by atoms with E-state index in [0.717, 1.165) is 19.4 Å². The Kier molecular flexibility index (Phi) is 5.76. The molecule has 0 bridgehead atoms. The predicted octanol–water partition coefficient (Wildman–Crippen LogP) is 3.14. The van der Waals surface area contributed by atoms with E-state index < -0.39 is 4.92 Å². The van der Waals surface area contributed by atoms with E-state index in [4.69, 9.17) is 4.74 Å². The van der Waals surface area contributed by atoms with E-state index in [1.807, 2.05) is 0 Å². The van der Waals surface area contributed by atoms with Gasteiger partial charge in [-0.25, -0.2) is 0 Å². The molecule has 0 fully saturated rings. The highest BCUT2D eigenvalue weighted by molar-refractivity contribution is 5.35. The molecule has 0 aliphatic carbocycles. The summed E-state index contributed by atoms with van der Waals surface area (Å²) in [5, 5.41) is 13.9. The van der Waals surface area contributed by atoms with Gasteiger partial charge in [-0.1, -0.05) is 13.3 Å². The molecule has 1 N–H and O–H groups in total. The standard InChI is InChI=1S/C14H22N2O3/c1-4-9-14(2,3)15-10-11-19-13-7-5-12(6-8-13)16(17)18/h5-8,15H,4,9-11H2,1-3H3. The molecule has 0 spiro atoms. The predicted molar refractivity (Wildman–Crippen MR) is 75.6 cm³/mol. The number of nitrogens with zero attached hydrogens (tertiary/aromatic N) is 1. The van der Waals surface area contributed by atoms with E-state index >= 15 is 0 Å². The topological polar surface area (TPSA) is 64.4 Å². The summed E-state index contributed by atoms with van der Waals surface area (Å²) in [6.07, 6.45) is 2.26. The maximum absolute atomic E-state index is 10.5. The van der Waals surface area contributed by atoms with Crippen molar-refractivity contribution >= 4 is 5.69 Å². The van der Waals surface area contributed by atoms with Crippen LogP contribution in [0.3, 0.4) is 0 Å². The third-order valence-electron chi connectivity index (χ3n) is 2.90. The van der Waals surface area contributed by atoms with Gasteiger partial charge in [0.15, 0.2) is 0 Å². The average molecular weight is 266 g/mol. The maximum Gasteiger partial charge on any atom is 0.269 e. The molecule has 0 radical (unpaired) electrons. The summed E-state index contributed by atoms with van der Waals surface area (Å²) in [7, 11) is 0. The summed E-state index contributed by atoms with van der Waals surface area (Å²) in [5.41, 5.74) is 0.197. The third kappa shape index (κ3) is 5.70. The molecular formula is C14H22N2O3. The van der Waals surface area contributed by atoms with Crippen LogP contribution in [0.25, 0.3) is 0 Å². The smallest absolute Gasteiger partial charge is 0.269 e. The normalized spacial score (nSPS) is 11.3. The van der Waals surface area contributed by atoms with Crippen LogP contribution in [0.15, 0.2) is 24.3 Å². The van der Waals surface area contributed by atoms with Crippen molar-refractivity contribution in [2.75, 3.05) is 13.2 Å². The molecule has 0 saturated heterocycles. The summed E-state index contributed by atoms with van der Waals surface area (Å²) >= 11 is 0. The van der Waals surface area contributed by atoms with Crippen LogP contribution in [0.1, 0.15) is 33.6 Å². The second kappa shape index (κ2) is 7.09. The first-order valence-corrected chi connectivity index (χ1v) is 6.57. The van der Waals surface area contributed by atoms with Crippen molar-refractivity contribution in [1.82, 2.24) is 5.32 Å². The summed E-state index contributed by atoms with van der Waals surface area (Å²) < 4.78 is 5.53. The Hall–Kier alpha value is -1.62. The zero-order chi connectivity index (χ0) is 14.3. The first-order valence-electron chi connectivity index (χ1n) is 6.57. The number of nitrogens with one attached hydrogen (secondary N) is 1. The number of non-ortho nitro benzene ring substituents is 1. The Morgan fingerprint density at radius 1 is 1.32 bits per heavy atom. The summed E-state index contributed by atoms with van der Waals surface area (Å²) in [4.78, 5) is 10.1. The average Bonchev–Trinajstić information content (AvgIpc) is 2.35. The molecule has 0 heterocycles. The van der Waals surface area contributed by atoms with Gasteiger partial charge in [-0.2, -0.15) is 0 Å². The second-order valence-corrected chi connectivity index (χ2v) is 5.16. The van der Waals surface area contributed by atoms with Crippen molar-refractivity contribution in [1.29, 1.82) is 0 Å². The molecule has 5 nitrogen and oxygen atoms in total. The van der Waals surface area contributed by atoms with Gasteiger partial charge in [-0.3, -0.25) is 10.1 Å². The van der Waals surface area contributed by atoms with Crippen LogP contribution in [0.4, 0.5) is 5.69 Å². The zero-order valence-corrected chi connectivity index (χ0v) is 11.8. The van der Waals surface area contributed by atoms with Gasteiger partial charge in [-0.05, 0) is 32.4 Å². The summed E-state index contributed by atoms with van der Waals surface area (Å²) in [5.74, 6) is 0.653. The monoisotopic (exact) mass is 266 g/mol. The first-order chi connectivity index (χ1) is 8.94. The molecule has 1 rings (SSSR count). The van der Waals surface area contributed by atoms with Crippen LogP contribution in [-0.2, 0) is 0 Å². The largest absolute Gasteiger partial charge is 0.492 e. The molecule has 19 heavy (non-hydrogen) atoms. The summed E-state index contributed by atoms with van der Waals surface area (Å²) in [6.45, 7) is 7.80. The second-order valence-electron chi connectivity index (χ2n) is 5.16. The van der Waals surface area contributed by atoms with Crippen LogP contribution in [0, 0.1) is 10.1 Å².